The van der Waals surface area contributed by atoms with Crippen molar-refractivity contribution in [1.82, 2.24) is 5.32 Å². The molecule has 2 rings (SSSR count). The van der Waals surface area contributed by atoms with E-state index in [9.17, 15) is 4.79 Å². The van der Waals surface area contributed by atoms with Gasteiger partial charge in [-0.25, -0.2) is 0 Å². The van der Waals surface area contributed by atoms with E-state index < -0.39 is 0 Å². The maximum absolute atomic E-state index is 10.6. The quantitative estimate of drug-likeness (QED) is 0.634. The third kappa shape index (κ3) is 3.30. The molecule has 0 unspecified atom stereocenters. The maximum atomic E-state index is 10.6. The van der Waals surface area contributed by atoms with Gasteiger partial charge in [0, 0.05) is 17.1 Å². The molecule has 0 bridgehead atoms. The van der Waals surface area contributed by atoms with Crippen molar-refractivity contribution in [2.24, 2.45) is 5.41 Å². The molecule has 3 heteroatoms. The molecular weight excluding hydrogens is 270 g/mol. The molecule has 1 aliphatic rings. The number of hydrogen-bond donors (Lipinski definition) is 1. The minimum Gasteiger partial charge on any atom is -0.316 e. The van der Waals surface area contributed by atoms with E-state index in [-0.39, 0.29) is 5.41 Å². The van der Waals surface area contributed by atoms with E-state index in [4.69, 9.17) is 11.6 Å². The van der Waals surface area contributed by atoms with Gasteiger partial charge in [-0.1, -0.05) is 43.5 Å². The number of benzene rings is 1. The Morgan fingerprint density at radius 2 is 2.25 bits per heavy atom. The molecule has 1 aromatic carbocycles. The first kappa shape index (κ1) is 14.8. The third-order valence-electron chi connectivity index (χ3n) is 3.61. The molecule has 0 spiro atoms. The Morgan fingerprint density at radius 3 is 2.90 bits per heavy atom. The van der Waals surface area contributed by atoms with Crippen LogP contribution in [0.25, 0.3) is 5.57 Å². The van der Waals surface area contributed by atoms with Crippen LogP contribution in [0.2, 0.25) is 5.02 Å². The number of piperidine rings is 1. The second kappa shape index (κ2) is 6.26. The Labute approximate surface area is 125 Å². The molecule has 1 N–H and O–H groups in total. The minimum atomic E-state index is 0.0213. The van der Waals surface area contributed by atoms with E-state index in [0.29, 0.717) is 11.3 Å². The number of nitrogens with one attached hydrogen (secondary N) is 1. The number of hydrogen-bond acceptors (Lipinski definition) is 2. The first-order chi connectivity index (χ1) is 9.54. The van der Waals surface area contributed by atoms with E-state index in [1.54, 1.807) is 0 Å². The van der Waals surface area contributed by atoms with E-state index in [1.807, 2.05) is 24.3 Å². The van der Waals surface area contributed by atoms with Gasteiger partial charge in [-0.2, -0.15) is 0 Å². The van der Waals surface area contributed by atoms with E-state index in [1.165, 1.54) is 5.57 Å². The Bertz CT molecular complexity index is 605. The van der Waals surface area contributed by atoms with Crippen molar-refractivity contribution in [2.45, 2.75) is 20.3 Å². The molecule has 20 heavy (non-hydrogen) atoms. The normalized spacial score (nSPS) is 19.8. The van der Waals surface area contributed by atoms with Crippen LogP contribution in [-0.4, -0.2) is 19.4 Å². The summed E-state index contributed by atoms with van der Waals surface area (Å²) in [5.74, 6) is 5.56. The van der Waals surface area contributed by atoms with Crippen LogP contribution in [0.4, 0.5) is 0 Å². The molecule has 0 radical (unpaired) electrons. The van der Waals surface area contributed by atoms with Gasteiger partial charge in [0.25, 0.3) is 0 Å². The number of aldehydes is 1. The van der Waals surface area contributed by atoms with Crippen LogP contribution in [0.5, 0.6) is 0 Å². The van der Waals surface area contributed by atoms with Crippen LogP contribution in [-0.2, 0) is 4.79 Å². The summed E-state index contributed by atoms with van der Waals surface area (Å²) in [5, 5.41) is 4.08. The van der Waals surface area contributed by atoms with Crippen LogP contribution in [0.1, 0.15) is 25.8 Å². The van der Waals surface area contributed by atoms with Crippen molar-refractivity contribution in [1.29, 1.82) is 0 Å². The van der Waals surface area contributed by atoms with Crippen molar-refractivity contribution in [3.8, 4) is 11.8 Å². The SMILES string of the molecule is CC1(C)CNCC/C1=C(\C#CC=O)c1cccc(Cl)c1. The van der Waals surface area contributed by atoms with Crippen LogP contribution in [0, 0.1) is 17.3 Å². The largest absolute Gasteiger partial charge is 0.316 e. The Kier molecular flexibility index (Phi) is 4.65. The predicted octanol–water partition coefficient (Wildman–Crippen LogP) is 3.32. The zero-order valence-electron chi connectivity index (χ0n) is 11.8. The summed E-state index contributed by atoms with van der Waals surface area (Å²) in [5.41, 5.74) is 3.23. The smallest absolute Gasteiger partial charge is 0.193 e. The molecule has 0 saturated carbocycles. The van der Waals surface area contributed by atoms with Crippen molar-refractivity contribution in [3.63, 3.8) is 0 Å². The number of carbonyl (C=O) groups is 1. The first-order valence-corrected chi connectivity index (χ1v) is 7.08. The Hall–Kier alpha value is -1.56. The number of allylic oxidation sites excluding steroid dienone is 1. The fourth-order valence-corrected chi connectivity index (χ4v) is 2.78. The standard InChI is InChI=1S/C17H18ClNO/c1-17(2)12-19-9-8-16(17)15(7-4-10-20)13-5-3-6-14(18)11-13/h3,5-6,10-11,19H,8-9,12H2,1-2H3/b16-15-. The molecule has 0 aliphatic carbocycles. The van der Waals surface area contributed by atoms with Gasteiger partial charge in [-0.15, -0.1) is 0 Å². The highest BCUT2D eigenvalue weighted by molar-refractivity contribution is 6.30. The average molecular weight is 288 g/mol. The van der Waals surface area contributed by atoms with Gasteiger partial charge in [0.2, 0.25) is 0 Å². The lowest BCUT2D eigenvalue weighted by molar-refractivity contribution is -0.103. The summed E-state index contributed by atoms with van der Waals surface area (Å²) >= 11 is 6.08. The van der Waals surface area contributed by atoms with Crippen LogP contribution >= 0.6 is 11.6 Å². The zero-order chi connectivity index (χ0) is 14.6. The zero-order valence-corrected chi connectivity index (χ0v) is 12.6. The molecule has 1 fully saturated rings. The molecule has 2 nitrogen and oxygen atoms in total. The van der Waals surface area contributed by atoms with Gasteiger partial charge in [0.15, 0.2) is 6.29 Å². The average Bonchev–Trinajstić information content (AvgIpc) is 2.40. The monoisotopic (exact) mass is 287 g/mol. The van der Waals surface area contributed by atoms with Gasteiger partial charge in [0.05, 0.1) is 0 Å². The Balaban J connectivity index is 2.60. The molecule has 0 amide bonds. The highest BCUT2D eigenvalue weighted by Crippen LogP contribution is 2.37. The predicted molar refractivity (Wildman–Crippen MR) is 83.5 cm³/mol. The molecule has 1 aliphatic heterocycles. The third-order valence-corrected chi connectivity index (χ3v) is 3.84. The molecule has 0 aromatic heterocycles. The van der Waals surface area contributed by atoms with Gasteiger partial charge in [-0.05, 0) is 47.6 Å². The van der Waals surface area contributed by atoms with Gasteiger partial charge in [-0.3, -0.25) is 4.79 Å². The van der Waals surface area contributed by atoms with Crippen molar-refractivity contribution in [3.05, 3.63) is 40.4 Å². The van der Waals surface area contributed by atoms with Gasteiger partial charge < -0.3 is 5.32 Å². The summed E-state index contributed by atoms with van der Waals surface area (Å²) in [7, 11) is 0. The second-order valence-electron chi connectivity index (χ2n) is 5.56. The summed E-state index contributed by atoms with van der Waals surface area (Å²) in [6, 6.07) is 7.65. The highest BCUT2D eigenvalue weighted by atomic mass is 35.5. The number of rotatable bonds is 1. The van der Waals surface area contributed by atoms with Crippen molar-refractivity contribution >= 4 is 23.5 Å². The number of halogens is 1. The second-order valence-corrected chi connectivity index (χ2v) is 6.00. The van der Waals surface area contributed by atoms with Crippen LogP contribution in [0.15, 0.2) is 29.8 Å². The fourth-order valence-electron chi connectivity index (χ4n) is 2.59. The van der Waals surface area contributed by atoms with Crippen LogP contribution < -0.4 is 5.32 Å². The summed E-state index contributed by atoms with van der Waals surface area (Å²) in [4.78, 5) is 10.6. The van der Waals surface area contributed by atoms with Gasteiger partial charge >= 0.3 is 0 Å². The summed E-state index contributed by atoms with van der Waals surface area (Å²) < 4.78 is 0. The lowest BCUT2D eigenvalue weighted by Gasteiger charge is -2.35. The molecule has 1 aromatic rings. The van der Waals surface area contributed by atoms with Crippen LogP contribution in [0.3, 0.4) is 0 Å². The summed E-state index contributed by atoms with van der Waals surface area (Å²) in [6.07, 6.45) is 1.57. The molecular formula is C17H18ClNO. The van der Waals surface area contributed by atoms with Crippen molar-refractivity contribution < 1.29 is 4.79 Å². The Morgan fingerprint density at radius 1 is 1.45 bits per heavy atom. The van der Waals surface area contributed by atoms with E-state index in [0.717, 1.165) is 30.6 Å². The lowest BCUT2D eigenvalue weighted by atomic mass is 9.76. The minimum absolute atomic E-state index is 0.0213. The maximum Gasteiger partial charge on any atom is 0.193 e. The highest BCUT2D eigenvalue weighted by Gasteiger charge is 2.29. The fraction of sp³-hybridized carbons (Fsp3) is 0.353. The molecule has 1 saturated heterocycles. The van der Waals surface area contributed by atoms with Crippen molar-refractivity contribution in [2.75, 3.05) is 13.1 Å². The molecule has 1 heterocycles. The summed E-state index contributed by atoms with van der Waals surface area (Å²) in [6.45, 7) is 6.24. The first-order valence-electron chi connectivity index (χ1n) is 6.70. The van der Waals surface area contributed by atoms with E-state index in [2.05, 4.69) is 31.0 Å². The van der Waals surface area contributed by atoms with Gasteiger partial charge in [0.1, 0.15) is 0 Å². The lowest BCUT2D eigenvalue weighted by Crippen LogP contribution is -2.38. The number of carbonyl (C=O) groups excluding carboxylic acids is 1. The van der Waals surface area contributed by atoms with E-state index >= 15 is 0 Å². The molecule has 104 valence electrons. The topological polar surface area (TPSA) is 29.1 Å². The molecule has 0 atom stereocenters.